The molecule has 0 fully saturated rings. The summed E-state index contributed by atoms with van der Waals surface area (Å²) in [6.45, 7) is -4.20. The second kappa shape index (κ2) is 8.42. The van der Waals surface area contributed by atoms with E-state index in [0.29, 0.717) is 18.2 Å². The summed E-state index contributed by atoms with van der Waals surface area (Å²) in [6, 6.07) is 1.84. The normalized spacial score (nSPS) is 14.7. The van der Waals surface area contributed by atoms with Gasteiger partial charge in [0.25, 0.3) is 5.91 Å². The van der Waals surface area contributed by atoms with Crippen LogP contribution in [0.1, 0.15) is 5.56 Å². The highest BCUT2D eigenvalue weighted by atomic mass is 19.4. The standard InChI is InChI=1S/C16H15F5N2O5/c1-27-14(26)9-7-23(4-5-24)13(25)12(9)22-11-6-8(28-15(17)18)2-3-10(11)16(19,20)21/h2-3,6,15,22,24H,4-5,7H2,1H3. The first kappa shape index (κ1) is 21.4. The van der Waals surface area contributed by atoms with Crippen molar-refractivity contribution < 1.29 is 46.1 Å². The Hall–Kier alpha value is -2.89. The number of methoxy groups -OCH3 is 1. The fourth-order valence-corrected chi connectivity index (χ4v) is 2.53. The van der Waals surface area contributed by atoms with E-state index in [2.05, 4.69) is 14.8 Å². The maximum absolute atomic E-state index is 13.3. The Morgan fingerprint density at radius 3 is 2.57 bits per heavy atom. The molecule has 2 N–H and O–H groups in total. The van der Waals surface area contributed by atoms with E-state index in [4.69, 9.17) is 5.11 Å². The van der Waals surface area contributed by atoms with Gasteiger partial charge >= 0.3 is 18.8 Å². The highest BCUT2D eigenvalue weighted by molar-refractivity contribution is 6.08. The molecule has 0 aromatic heterocycles. The molecule has 0 radical (unpaired) electrons. The summed E-state index contributed by atoms with van der Waals surface area (Å²) in [5.74, 6) is -2.41. The summed E-state index contributed by atoms with van der Waals surface area (Å²) in [7, 11) is 1.02. The average molecular weight is 410 g/mol. The van der Waals surface area contributed by atoms with Crippen LogP contribution < -0.4 is 10.1 Å². The second-order valence-electron chi connectivity index (χ2n) is 5.50. The van der Waals surface area contributed by atoms with Crippen molar-refractivity contribution in [1.29, 1.82) is 0 Å². The Labute approximate surface area is 155 Å². The summed E-state index contributed by atoms with van der Waals surface area (Å²) in [5.41, 5.74) is -2.81. The molecule has 0 saturated heterocycles. The number of ether oxygens (including phenoxy) is 2. The summed E-state index contributed by atoms with van der Waals surface area (Å²) in [6.07, 6.45) is -4.88. The van der Waals surface area contributed by atoms with E-state index in [1.807, 2.05) is 0 Å². The number of nitrogens with one attached hydrogen (secondary N) is 1. The summed E-state index contributed by atoms with van der Waals surface area (Å²) >= 11 is 0. The van der Waals surface area contributed by atoms with Gasteiger partial charge in [-0.1, -0.05) is 0 Å². The van der Waals surface area contributed by atoms with Gasteiger partial charge in [-0.05, 0) is 12.1 Å². The molecule has 28 heavy (non-hydrogen) atoms. The summed E-state index contributed by atoms with van der Waals surface area (Å²) in [5, 5.41) is 11.2. The molecule has 154 valence electrons. The molecule has 2 rings (SSSR count). The predicted molar refractivity (Wildman–Crippen MR) is 84.4 cm³/mol. The van der Waals surface area contributed by atoms with Crippen molar-refractivity contribution >= 4 is 17.6 Å². The number of esters is 1. The number of anilines is 1. The molecule has 0 atom stereocenters. The minimum absolute atomic E-state index is 0.175. The van der Waals surface area contributed by atoms with Gasteiger partial charge in [-0.3, -0.25) is 4.79 Å². The highest BCUT2D eigenvalue weighted by Gasteiger charge is 2.38. The average Bonchev–Trinajstić information content (AvgIpc) is 2.90. The maximum atomic E-state index is 13.3. The van der Waals surface area contributed by atoms with Gasteiger partial charge in [0.1, 0.15) is 11.4 Å². The van der Waals surface area contributed by atoms with Crippen LogP contribution in [0.25, 0.3) is 0 Å². The molecule has 0 bridgehead atoms. The number of β-amino-alcohol motifs (C(OH)–C–C–N with tert-alkyl or cyclic N) is 1. The van der Waals surface area contributed by atoms with Crippen molar-refractivity contribution in [3.8, 4) is 5.75 Å². The second-order valence-corrected chi connectivity index (χ2v) is 5.50. The number of carbonyl (C=O) groups excluding carboxylic acids is 2. The fourth-order valence-electron chi connectivity index (χ4n) is 2.53. The zero-order valence-corrected chi connectivity index (χ0v) is 14.3. The molecule has 1 aliphatic heterocycles. The van der Waals surface area contributed by atoms with Crippen molar-refractivity contribution in [3.63, 3.8) is 0 Å². The van der Waals surface area contributed by atoms with E-state index in [1.54, 1.807) is 0 Å². The molecule has 7 nitrogen and oxygen atoms in total. The third-order valence-electron chi connectivity index (χ3n) is 3.73. The molecular formula is C16H15F5N2O5. The molecule has 1 amide bonds. The van der Waals surface area contributed by atoms with Gasteiger partial charge in [-0.15, -0.1) is 0 Å². The minimum atomic E-state index is -4.88. The number of alkyl halides is 5. The zero-order chi connectivity index (χ0) is 21.1. The first-order valence-electron chi connectivity index (χ1n) is 7.73. The molecule has 0 unspecified atom stereocenters. The smallest absolute Gasteiger partial charge is 0.418 e. The number of benzene rings is 1. The number of carbonyl (C=O) groups is 2. The minimum Gasteiger partial charge on any atom is -0.466 e. The Morgan fingerprint density at radius 2 is 2.04 bits per heavy atom. The van der Waals surface area contributed by atoms with Gasteiger partial charge in [0.2, 0.25) is 0 Å². The molecule has 12 heteroatoms. The largest absolute Gasteiger partial charge is 0.466 e. The number of nitrogens with zero attached hydrogens (tertiary/aromatic N) is 1. The van der Waals surface area contributed by atoms with Crippen molar-refractivity contribution in [3.05, 3.63) is 35.0 Å². The van der Waals surface area contributed by atoms with E-state index in [0.717, 1.165) is 12.0 Å². The molecule has 1 aromatic carbocycles. The zero-order valence-electron chi connectivity index (χ0n) is 14.3. The lowest BCUT2D eigenvalue weighted by Gasteiger charge is -2.18. The van der Waals surface area contributed by atoms with Gasteiger partial charge < -0.3 is 24.8 Å². The number of hydrogen-bond acceptors (Lipinski definition) is 6. The van der Waals surface area contributed by atoms with Crippen LogP contribution in [0.5, 0.6) is 5.75 Å². The van der Waals surface area contributed by atoms with E-state index >= 15 is 0 Å². The van der Waals surface area contributed by atoms with Gasteiger partial charge in [-0.2, -0.15) is 22.0 Å². The number of aliphatic hydroxyl groups excluding tert-OH is 1. The van der Waals surface area contributed by atoms with Crippen LogP contribution in [-0.2, 0) is 20.5 Å². The van der Waals surface area contributed by atoms with Crippen LogP contribution in [0.2, 0.25) is 0 Å². The van der Waals surface area contributed by atoms with Gasteiger partial charge in [0.05, 0.1) is 37.1 Å². The van der Waals surface area contributed by atoms with E-state index in [-0.39, 0.29) is 18.7 Å². The first-order chi connectivity index (χ1) is 13.1. The van der Waals surface area contributed by atoms with Crippen molar-refractivity contribution in [2.24, 2.45) is 0 Å². The number of rotatable bonds is 7. The molecule has 0 aliphatic carbocycles. The number of amides is 1. The van der Waals surface area contributed by atoms with Crippen LogP contribution in [0.4, 0.5) is 27.6 Å². The van der Waals surface area contributed by atoms with Gasteiger partial charge in [0, 0.05) is 12.6 Å². The SMILES string of the molecule is COC(=O)C1=C(Nc2cc(OC(F)F)ccc2C(F)(F)F)C(=O)N(CCO)C1. The van der Waals surface area contributed by atoms with Crippen LogP contribution in [0.3, 0.4) is 0 Å². The lowest BCUT2D eigenvalue weighted by Crippen LogP contribution is -2.31. The molecule has 0 saturated carbocycles. The third-order valence-corrected chi connectivity index (χ3v) is 3.73. The van der Waals surface area contributed by atoms with Gasteiger partial charge in [0.15, 0.2) is 0 Å². The van der Waals surface area contributed by atoms with Gasteiger partial charge in [-0.25, -0.2) is 4.79 Å². The Bertz CT molecular complexity index is 794. The molecule has 1 aliphatic rings. The number of aliphatic hydroxyl groups is 1. The number of hydrogen-bond donors (Lipinski definition) is 2. The quantitative estimate of drug-likeness (QED) is 0.528. The van der Waals surface area contributed by atoms with Crippen molar-refractivity contribution in [2.45, 2.75) is 12.8 Å². The molecule has 1 heterocycles. The first-order valence-corrected chi connectivity index (χ1v) is 7.73. The predicted octanol–water partition coefficient (Wildman–Crippen LogP) is 1.98. The number of halogens is 5. The van der Waals surface area contributed by atoms with E-state index < -0.39 is 54.0 Å². The highest BCUT2D eigenvalue weighted by Crippen LogP contribution is 2.38. The van der Waals surface area contributed by atoms with Crippen LogP contribution >= 0.6 is 0 Å². The fraction of sp³-hybridized carbons (Fsp3) is 0.375. The lowest BCUT2D eigenvalue weighted by atomic mass is 10.1. The topological polar surface area (TPSA) is 88.1 Å². The Morgan fingerprint density at radius 1 is 1.36 bits per heavy atom. The molecule has 0 spiro atoms. The Balaban J connectivity index is 2.50. The third kappa shape index (κ3) is 4.68. The summed E-state index contributed by atoms with van der Waals surface area (Å²) in [4.78, 5) is 25.3. The Kier molecular flexibility index (Phi) is 6.44. The monoisotopic (exact) mass is 410 g/mol. The molecular weight excluding hydrogens is 395 g/mol. The summed E-state index contributed by atoms with van der Waals surface area (Å²) < 4.78 is 73.2. The van der Waals surface area contributed by atoms with Crippen LogP contribution in [-0.4, -0.2) is 55.3 Å². The molecule has 1 aromatic rings. The van der Waals surface area contributed by atoms with Crippen molar-refractivity contribution in [2.75, 3.05) is 32.1 Å². The van der Waals surface area contributed by atoms with Crippen LogP contribution in [0, 0.1) is 0 Å². The van der Waals surface area contributed by atoms with E-state index in [9.17, 15) is 31.5 Å². The maximum Gasteiger partial charge on any atom is 0.418 e. The lowest BCUT2D eigenvalue weighted by molar-refractivity contribution is -0.137. The van der Waals surface area contributed by atoms with Crippen LogP contribution in [0.15, 0.2) is 29.5 Å². The van der Waals surface area contributed by atoms with E-state index in [1.165, 1.54) is 0 Å². The van der Waals surface area contributed by atoms with Crippen molar-refractivity contribution in [1.82, 2.24) is 4.90 Å².